The van der Waals surface area contributed by atoms with E-state index in [4.69, 9.17) is 0 Å². The van der Waals surface area contributed by atoms with Crippen LogP contribution in [-0.2, 0) is 21.5 Å². The molecule has 2 aromatic carbocycles. The van der Waals surface area contributed by atoms with Crippen molar-refractivity contribution in [2.75, 3.05) is 13.1 Å². The lowest BCUT2D eigenvalue weighted by atomic mass is 9.78. The highest BCUT2D eigenvalue weighted by Gasteiger charge is 2.40. The molecule has 5 nitrogen and oxygen atoms in total. The summed E-state index contributed by atoms with van der Waals surface area (Å²) in [5, 5.41) is 12.9. The Morgan fingerprint density at radius 1 is 1.11 bits per heavy atom. The maximum atomic E-state index is 12.9. The molecular weight excluding hydrogens is 352 g/mol. The van der Waals surface area contributed by atoms with Gasteiger partial charge < -0.3 is 10.4 Å². The Kier molecular flexibility index (Phi) is 6.47. The number of rotatable bonds is 8. The largest absolute Gasteiger partial charge is 0.481 e. The van der Waals surface area contributed by atoms with Crippen LogP contribution in [0.15, 0.2) is 60.7 Å². The number of carbonyl (C=O) groups is 2. The number of carboxylic acid groups (broad SMARTS) is 1. The Labute approximate surface area is 166 Å². The Morgan fingerprint density at radius 2 is 1.75 bits per heavy atom. The molecule has 5 heteroatoms. The fraction of sp³-hybridized carbons (Fsp3) is 0.391. The zero-order chi connectivity index (χ0) is 20.0. The molecule has 2 atom stereocenters. The molecule has 28 heavy (non-hydrogen) atoms. The molecule has 2 aromatic rings. The van der Waals surface area contributed by atoms with Crippen molar-refractivity contribution in [1.29, 1.82) is 0 Å². The second-order valence-corrected chi connectivity index (χ2v) is 7.44. The van der Waals surface area contributed by atoms with Crippen molar-refractivity contribution in [3.8, 4) is 0 Å². The van der Waals surface area contributed by atoms with Crippen molar-refractivity contribution in [1.82, 2.24) is 10.2 Å². The molecule has 148 valence electrons. The van der Waals surface area contributed by atoms with Gasteiger partial charge in [0.25, 0.3) is 0 Å². The number of amides is 1. The summed E-state index contributed by atoms with van der Waals surface area (Å²) in [5.41, 5.74) is 0.789. The quantitative estimate of drug-likeness (QED) is 0.738. The molecule has 3 rings (SSSR count). The van der Waals surface area contributed by atoms with Gasteiger partial charge in [0, 0.05) is 13.1 Å². The first-order valence-corrected chi connectivity index (χ1v) is 9.91. The maximum Gasteiger partial charge on any atom is 0.315 e. The minimum Gasteiger partial charge on any atom is -0.481 e. The zero-order valence-corrected chi connectivity index (χ0v) is 16.3. The third-order valence-corrected chi connectivity index (χ3v) is 5.80. The zero-order valence-electron chi connectivity index (χ0n) is 16.3. The summed E-state index contributed by atoms with van der Waals surface area (Å²) in [4.78, 5) is 27.2. The van der Waals surface area contributed by atoms with Gasteiger partial charge in [0.2, 0.25) is 5.91 Å². The molecule has 1 amide bonds. The van der Waals surface area contributed by atoms with E-state index in [1.807, 2.05) is 55.5 Å². The standard InChI is InChI=1S/C23H28N2O3/c1-2-23(22(27)28,19-12-7-4-8-13-19)17-24-21(26)20-14-9-15-25(20)16-18-10-5-3-6-11-18/h3-8,10-13,20H,2,9,14-17H2,1H3,(H,24,26)(H,27,28). The smallest absolute Gasteiger partial charge is 0.315 e. The third-order valence-electron chi connectivity index (χ3n) is 5.80. The number of likely N-dealkylation sites (tertiary alicyclic amines) is 1. The summed E-state index contributed by atoms with van der Waals surface area (Å²) >= 11 is 0. The highest BCUT2D eigenvalue weighted by Crippen LogP contribution is 2.28. The van der Waals surface area contributed by atoms with Gasteiger partial charge in [-0.2, -0.15) is 0 Å². The summed E-state index contributed by atoms with van der Waals surface area (Å²) in [6.45, 7) is 3.56. The molecule has 1 saturated heterocycles. The van der Waals surface area contributed by atoms with Gasteiger partial charge in [-0.3, -0.25) is 14.5 Å². The molecular formula is C23H28N2O3. The lowest BCUT2D eigenvalue weighted by molar-refractivity contribution is -0.144. The molecule has 1 aliphatic rings. The van der Waals surface area contributed by atoms with Crippen LogP contribution in [-0.4, -0.2) is 41.0 Å². The molecule has 1 heterocycles. The van der Waals surface area contributed by atoms with Crippen molar-refractivity contribution in [3.05, 3.63) is 71.8 Å². The number of benzene rings is 2. The van der Waals surface area contributed by atoms with Gasteiger partial charge in [-0.05, 0) is 36.9 Å². The van der Waals surface area contributed by atoms with Crippen LogP contribution in [0.1, 0.15) is 37.3 Å². The predicted molar refractivity (Wildman–Crippen MR) is 109 cm³/mol. The lowest BCUT2D eigenvalue weighted by Gasteiger charge is -2.30. The first kappa shape index (κ1) is 20.1. The first-order chi connectivity index (χ1) is 13.6. The molecule has 1 fully saturated rings. The highest BCUT2D eigenvalue weighted by atomic mass is 16.4. The molecule has 0 aromatic heterocycles. The van der Waals surface area contributed by atoms with E-state index in [-0.39, 0.29) is 18.5 Å². The van der Waals surface area contributed by atoms with Crippen LogP contribution in [0, 0.1) is 0 Å². The third kappa shape index (κ3) is 4.25. The van der Waals surface area contributed by atoms with E-state index < -0.39 is 11.4 Å². The molecule has 2 N–H and O–H groups in total. The average Bonchev–Trinajstić information content (AvgIpc) is 3.18. The number of hydrogen-bond donors (Lipinski definition) is 2. The molecule has 0 saturated carbocycles. The van der Waals surface area contributed by atoms with E-state index in [1.54, 1.807) is 0 Å². The minimum atomic E-state index is -1.11. The monoisotopic (exact) mass is 380 g/mol. The molecule has 0 aliphatic carbocycles. The van der Waals surface area contributed by atoms with Crippen LogP contribution in [0.5, 0.6) is 0 Å². The van der Waals surface area contributed by atoms with E-state index in [0.29, 0.717) is 6.42 Å². The van der Waals surface area contributed by atoms with Crippen molar-refractivity contribution in [3.63, 3.8) is 0 Å². The van der Waals surface area contributed by atoms with Gasteiger partial charge >= 0.3 is 5.97 Å². The first-order valence-electron chi connectivity index (χ1n) is 9.91. The number of carbonyl (C=O) groups excluding carboxylic acids is 1. The van der Waals surface area contributed by atoms with Gasteiger partial charge in [0.05, 0.1) is 6.04 Å². The SMILES string of the molecule is CCC(CNC(=O)C1CCCN1Cc1ccccc1)(C(=O)O)c1ccccc1. The second kappa shape index (κ2) is 9.02. The summed E-state index contributed by atoms with van der Waals surface area (Å²) in [6.07, 6.45) is 2.18. The van der Waals surface area contributed by atoms with Gasteiger partial charge in [-0.15, -0.1) is 0 Å². The fourth-order valence-corrected chi connectivity index (χ4v) is 4.02. The maximum absolute atomic E-state index is 12.9. The van der Waals surface area contributed by atoms with Crippen molar-refractivity contribution in [2.45, 2.75) is 44.2 Å². The number of hydrogen-bond acceptors (Lipinski definition) is 3. The summed E-state index contributed by atoms with van der Waals surface area (Å²) in [7, 11) is 0. The van der Waals surface area contributed by atoms with E-state index >= 15 is 0 Å². The Bertz CT molecular complexity index is 794. The Balaban J connectivity index is 1.69. The molecule has 0 spiro atoms. The van der Waals surface area contributed by atoms with E-state index in [2.05, 4.69) is 22.3 Å². The van der Waals surface area contributed by atoms with Crippen LogP contribution in [0.4, 0.5) is 0 Å². The second-order valence-electron chi connectivity index (χ2n) is 7.44. The average molecular weight is 380 g/mol. The summed E-state index contributed by atoms with van der Waals surface area (Å²) in [5.74, 6) is -0.988. The Hall–Kier alpha value is -2.66. The Morgan fingerprint density at radius 3 is 2.36 bits per heavy atom. The minimum absolute atomic E-state index is 0.0802. The lowest BCUT2D eigenvalue weighted by Crippen LogP contribution is -2.50. The molecule has 1 aliphatic heterocycles. The van der Waals surface area contributed by atoms with Gasteiger partial charge in [0.15, 0.2) is 0 Å². The number of aliphatic carboxylic acids is 1. The number of nitrogens with one attached hydrogen (secondary N) is 1. The number of carboxylic acids is 1. The van der Waals surface area contributed by atoms with Gasteiger partial charge in [0.1, 0.15) is 5.41 Å². The number of nitrogens with zero attached hydrogens (tertiary/aromatic N) is 1. The van der Waals surface area contributed by atoms with Crippen LogP contribution < -0.4 is 5.32 Å². The highest BCUT2D eigenvalue weighted by molar-refractivity contribution is 5.85. The molecule has 0 radical (unpaired) electrons. The molecule has 0 bridgehead atoms. The van der Waals surface area contributed by atoms with Crippen LogP contribution >= 0.6 is 0 Å². The van der Waals surface area contributed by atoms with Crippen LogP contribution in [0.2, 0.25) is 0 Å². The normalized spacial score (nSPS) is 19.1. The van der Waals surface area contributed by atoms with E-state index in [1.165, 1.54) is 5.56 Å². The summed E-state index contributed by atoms with van der Waals surface area (Å²) in [6, 6.07) is 19.1. The molecule has 2 unspecified atom stereocenters. The van der Waals surface area contributed by atoms with Crippen molar-refractivity contribution >= 4 is 11.9 Å². The summed E-state index contributed by atoms with van der Waals surface area (Å²) < 4.78 is 0. The topological polar surface area (TPSA) is 69.6 Å². The van der Waals surface area contributed by atoms with Crippen molar-refractivity contribution in [2.24, 2.45) is 0 Å². The van der Waals surface area contributed by atoms with Crippen LogP contribution in [0.25, 0.3) is 0 Å². The van der Waals surface area contributed by atoms with Crippen molar-refractivity contribution < 1.29 is 14.7 Å². The van der Waals surface area contributed by atoms with E-state index in [9.17, 15) is 14.7 Å². The van der Waals surface area contributed by atoms with Crippen LogP contribution in [0.3, 0.4) is 0 Å². The van der Waals surface area contributed by atoms with Gasteiger partial charge in [-0.1, -0.05) is 67.6 Å². The fourth-order valence-electron chi connectivity index (χ4n) is 4.02. The van der Waals surface area contributed by atoms with Gasteiger partial charge in [-0.25, -0.2) is 0 Å². The predicted octanol–water partition coefficient (Wildman–Crippen LogP) is 3.20. The van der Waals surface area contributed by atoms with E-state index in [0.717, 1.165) is 31.5 Å².